The molecule has 1 saturated carbocycles. The molecule has 0 aromatic rings. The van der Waals surface area contributed by atoms with Gasteiger partial charge >= 0.3 is 0 Å². The van der Waals surface area contributed by atoms with Crippen molar-refractivity contribution in [3.63, 3.8) is 0 Å². The van der Waals surface area contributed by atoms with Crippen LogP contribution in [0.5, 0.6) is 0 Å². The summed E-state index contributed by atoms with van der Waals surface area (Å²) in [5.74, 6) is 0.257. The van der Waals surface area contributed by atoms with E-state index in [0.717, 1.165) is 45.3 Å². The number of nitrogens with zero attached hydrogens (tertiary/aromatic N) is 1. The van der Waals surface area contributed by atoms with Gasteiger partial charge in [-0.2, -0.15) is 0 Å². The highest BCUT2D eigenvalue weighted by Crippen LogP contribution is 2.36. The Kier molecular flexibility index (Phi) is 3.81. The van der Waals surface area contributed by atoms with E-state index in [1.807, 2.05) is 0 Å². The van der Waals surface area contributed by atoms with Crippen molar-refractivity contribution in [1.82, 2.24) is 10.2 Å². The summed E-state index contributed by atoms with van der Waals surface area (Å²) in [5, 5.41) is 3.49. The largest absolute Gasteiger partial charge is 0.365 e. The maximum atomic E-state index is 12.8. The molecule has 4 nitrogen and oxygen atoms in total. The first-order valence-corrected chi connectivity index (χ1v) is 7.89. The van der Waals surface area contributed by atoms with Gasteiger partial charge in [-0.3, -0.25) is 4.79 Å². The number of ether oxygens (including phenoxy) is 1. The van der Waals surface area contributed by atoms with Gasteiger partial charge in [0.15, 0.2) is 0 Å². The molecule has 2 saturated heterocycles. The Morgan fingerprint density at radius 1 is 1.26 bits per heavy atom. The van der Waals surface area contributed by atoms with Gasteiger partial charge in [0.1, 0.15) is 6.10 Å². The first kappa shape index (κ1) is 13.4. The van der Waals surface area contributed by atoms with Crippen molar-refractivity contribution in [3.05, 3.63) is 0 Å². The van der Waals surface area contributed by atoms with Crippen LogP contribution in [0.25, 0.3) is 0 Å². The van der Waals surface area contributed by atoms with Gasteiger partial charge in [0.2, 0.25) is 0 Å². The lowest BCUT2D eigenvalue weighted by atomic mass is 9.78. The lowest BCUT2D eigenvalue weighted by molar-refractivity contribution is -0.152. The average Bonchev–Trinajstić information content (AvgIpc) is 2.86. The van der Waals surface area contributed by atoms with E-state index >= 15 is 0 Å². The van der Waals surface area contributed by atoms with Crippen LogP contribution in [-0.2, 0) is 9.53 Å². The van der Waals surface area contributed by atoms with Crippen LogP contribution in [-0.4, -0.2) is 48.2 Å². The molecule has 2 unspecified atom stereocenters. The zero-order valence-electron chi connectivity index (χ0n) is 12.0. The SMILES string of the molecule is CC1CCC(C(=O)N2CCNCC23CCCCC3)O1. The summed E-state index contributed by atoms with van der Waals surface area (Å²) >= 11 is 0. The smallest absolute Gasteiger partial charge is 0.252 e. The molecule has 1 amide bonds. The summed E-state index contributed by atoms with van der Waals surface area (Å²) < 4.78 is 5.80. The second kappa shape index (κ2) is 5.41. The van der Waals surface area contributed by atoms with Crippen molar-refractivity contribution < 1.29 is 9.53 Å². The molecular weight excluding hydrogens is 240 g/mol. The minimum absolute atomic E-state index is 0.0861. The second-order valence-electron chi connectivity index (χ2n) is 6.46. The monoisotopic (exact) mass is 266 g/mol. The van der Waals surface area contributed by atoms with Crippen LogP contribution >= 0.6 is 0 Å². The van der Waals surface area contributed by atoms with E-state index in [9.17, 15) is 4.79 Å². The lowest BCUT2D eigenvalue weighted by Gasteiger charge is -2.50. The molecule has 19 heavy (non-hydrogen) atoms. The lowest BCUT2D eigenvalue weighted by Crippen LogP contribution is -2.65. The molecule has 0 radical (unpaired) electrons. The molecule has 3 aliphatic rings. The van der Waals surface area contributed by atoms with E-state index in [0.29, 0.717) is 0 Å². The van der Waals surface area contributed by atoms with Gasteiger partial charge in [-0.15, -0.1) is 0 Å². The molecule has 0 aromatic heterocycles. The molecule has 1 spiro atoms. The number of nitrogens with one attached hydrogen (secondary N) is 1. The Morgan fingerprint density at radius 2 is 2.05 bits per heavy atom. The third-order valence-corrected chi connectivity index (χ3v) is 5.10. The fraction of sp³-hybridized carbons (Fsp3) is 0.933. The molecule has 0 aromatic carbocycles. The van der Waals surface area contributed by atoms with Gasteiger partial charge in [-0.25, -0.2) is 0 Å². The number of carbonyl (C=O) groups excluding carboxylic acids is 1. The van der Waals surface area contributed by atoms with E-state index in [4.69, 9.17) is 4.74 Å². The van der Waals surface area contributed by atoms with Crippen molar-refractivity contribution in [2.24, 2.45) is 0 Å². The zero-order chi connectivity index (χ0) is 13.3. The summed E-state index contributed by atoms with van der Waals surface area (Å²) in [7, 11) is 0. The number of carbonyl (C=O) groups is 1. The number of hydrogen-bond donors (Lipinski definition) is 1. The first-order chi connectivity index (χ1) is 9.21. The van der Waals surface area contributed by atoms with Crippen LogP contribution in [0.3, 0.4) is 0 Å². The summed E-state index contributed by atoms with van der Waals surface area (Å²) in [6.45, 7) is 4.82. The molecule has 108 valence electrons. The molecule has 2 heterocycles. The summed E-state index contributed by atoms with van der Waals surface area (Å²) in [5.41, 5.74) is 0.0861. The summed E-state index contributed by atoms with van der Waals surface area (Å²) in [4.78, 5) is 15.0. The van der Waals surface area contributed by atoms with Gasteiger partial charge in [-0.05, 0) is 32.6 Å². The van der Waals surface area contributed by atoms with Gasteiger partial charge in [-0.1, -0.05) is 19.3 Å². The summed E-state index contributed by atoms with van der Waals surface area (Å²) in [6.07, 6.45) is 8.16. The predicted molar refractivity (Wildman–Crippen MR) is 74.0 cm³/mol. The fourth-order valence-electron chi connectivity index (χ4n) is 4.00. The number of rotatable bonds is 1. The number of hydrogen-bond acceptors (Lipinski definition) is 3. The van der Waals surface area contributed by atoms with Crippen LogP contribution < -0.4 is 5.32 Å². The van der Waals surface area contributed by atoms with Gasteiger partial charge in [0.05, 0.1) is 11.6 Å². The Morgan fingerprint density at radius 3 is 2.74 bits per heavy atom. The first-order valence-electron chi connectivity index (χ1n) is 7.89. The quantitative estimate of drug-likeness (QED) is 0.785. The van der Waals surface area contributed by atoms with E-state index in [2.05, 4.69) is 17.1 Å². The Balaban J connectivity index is 1.74. The number of amides is 1. The van der Waals surface area contributed by atoms with Crippen LogP contribution in [0.2, 0.25) is 0 Å². The molecule has 4 heteroatoms. The van der Waals surface area contributed by atoms with Crippen molar-refractivity contribution >= 4 is 5.91 Å². The third-order valence-electron chi connectivity index (χ3n) is 5.10. The topological polar surface area (TPSA) is 41.6 Å². The Labute approximate surface area is 115 Å². The highest BCUT2D eigenvalue weighted by Gasteiger charge is 2.45. The second-order valence-corrected chi connectivity index (χ2v) is 6.46. The molecule has 2 atom stereocenters. The Hall–Kier alpha value is -0.610. The highest BCUT2D eigenvalue weighted by atomic mass is 16.5. The van der Waals surface area contributed by atoms with E-state index in [-0.39, 0.29) is 23.7 Å². The minimum atomic E-state index is -0.174. The van der Waals surface area contributed by atoms with Crippen molar-refractivity contribution in [3.8, 4) is 0 Å². The normalized spacial score (nSPS) is 34.7. The summed E-state index contributed by atoms with van der Waals surface area (Å²) in [6, 6.07) is 0. The standard InChI is InChI=1S/C15H26N2O2/c1-12-5-6-13(19-12)14(18)17-10-9-16-11-15(17)7-3-2-4-8-15/h12-13,16H,2-11H2,1H3. The highest BCUT2D eigenvalue weighted by molar-refractivity contribution is 5.82. The zero-order valence-corrected chi connectivity index (χ0v) is 12.0. The van der Waals surface area contributed by atoms with E-state index in [1.54, 1.807) is 0 Å². The van der Waals surface area contributed by atoms with Gasteiger partial charge < -0.3 is 15.0 Å². The molecule has 3 rings (SSSR count). The van der Waals surface area contributed by atoms with E-state index < -0.39 is 0 Å². The molecule has 1 N–H and O–H groups in total. The van der Waals surface area contributed by atoms with Crippen molar-refractivity contribution in [2.75, 3.05) is 19.6 Å². The molecule has 0 bridgehead atoms. The molecule has 1 aliphatic carbocycles. The van der Waals surface area contributed by atoms with Crippen LogP contribution in [0.4, 0.5) is 0 Å². The average molecular weight is 266 g/mol. The van der Waals surface area contributed by atoms with Crippen LogP contribution in [0.15, 0.2) is 0 Å². The van der Waals surface area contributed by atoms with Gasteiger partial charge in [0.25, 0.3) is 5.91 Å². The minimum Gasteiger partial charge on any atom is -0.365 e. The Bertz CT molecular complexity index is 331. The van der Waals surface area contributed by atoms with Crippen LogP contribution in [0, 0.1) is 0 Å². The third kappa shape index (κ3) is 2.52. The maximum absolute atomic E-state index is 12.8. The van der Waals surface area contributed by atoms with E-state index in [1.165, 1.54) is 19.3 Å². The molecule has 3 fully saturated rings. The van der Waals surface area contributed by atoms with Gasteiger partial charge in [0, 0.05) is 19.6 Å². The molecule has 2 aliphatic heterocycles. The maximum Gasteiger partial charge on any atom is 0.252 e. The van der Waals surface area contributed by atoms with Crippen molar-refractivity contribution in [1.29, 1.82) is 0 Å². The molecular formula is C15H26N2O2. The van der Waals surface area contributed by atoms with Crippen molar-refractivity contribution in [2.45, 2.75) is 69.6 Å². The van der Waals surface area contributed by atoms with Crippen LogP contribution in [0.1, 0.15) is 51.9 Å². The predicted octanol–water partition coefficient (Wildman–Crippen LogP) is 1.69. The fourth-order valence-corrected chi connectivity index (χ4v) is 4.00. The number of piperazine rings is 1.